The zero-order chi connectivity index (χ0) is 11.2. The number of aromatic nitrogens is 2. The van der Waals surface area contributed by atoms with Gasteiger partial charge in [0.05, 0.1) is 6.61 Å². The molecular weight excluding hydrogens is 200 g/mol. The van der Waals surface area contributed by atoms with Crippen LogP contribution in [0.4, 0.5) is 0 Å². The van der Waals surface area contributed by atoms with Gasteiger partial charge in [-0.05, 0) is 11.1 Å². The fraction of sp³-hybridized carbons (Fsp3) is 0.154. The van der Waals surface area contributed by atoms with E-state index in [1.54, 1.807) is 12.3 Å². The second kappa shape index (κ2) is 5.28. The van der Waals surface area contributed by atoms with Crippen molar-refractivity contribution in [3.63, 3.8) is 0 Å². The zero-order valence-electron chi connectivity index (χ0n) is 8.93. The summed E-state index contributed by atoms with van der Waals surface area (Å²) in [6, 6.07) is 8.10. The number of aromatic amines is 1. The normalized spacial score (nSPS) is 11.1. The summed E-state index contributed by atoms with van der Waals surface area (Å²) < 4.78 is 0. The van der Waals surface area contributed by atoms with E-state index >= 15 is 0 Å². The summed E-state index contributed by atoms with van der Waals surface area (Å²) in [5.74, 6) is 0.949. The lowest BCUT2D eigenvalue weighted by molar-refractivity contribution is 0.343. The largest absolute Gasteiger partial charge is 0.392 e. The summed E-state index contributed by atoms with van der Waals surface area (Å²) in [5, 5.41) is 8.77. The van der Waals surface area contributed by atoms with E-state index in [9.17, 15) is 0 Å². The molecule has 0 atom stereocenters. The van der Waals surface area contributed by atoms with Crippen molar-refractivity contribution in [1.82, 2.24) is 9.97 Å². The highest BCUT2D eigenvalue weighted by Crippen LogP contribution is 2.13. The quantitative estimate of drug-likeness (QED) is 0.817. The number of rotatable bonds is 4. The van der Waals surface area contributed by atoms with Crippen LogP contribution in [0.15, 0.2) is 42.7 Å². The van der Waals surface area contributed by atoms with Crippen LogP contribution < -0.4 is 0 Å². The zero-order valence-corrected chi connectivity index (χ0v) is 8.93. The number of aliphatic hydroxyl groups excluding tert-OH is 1. The van der Waals surface area contributed by atoms with Crippen LogP contribution in [0.25, 0.3) is 6.08 Å². The number of nitrogens with one attached hydrogen (secondary N) is 1. The third kappa shape index (κ3) is 2.58. The Bertz CT molecular complexity index is 461. The van der Waals surface area contributed by atoms with Crippen LogP contribution in [0.3, 0.4) is 0 Å². The number of H-pyrrole nitrogens is 1. The van der Waals surface area contributed by atoms with E-state index < -0.39 is 0 Å². The van der Waals surface area contributed by atoms with Crippen LogP contribution in [0.2, 0.25) is 0 Å². The maximum absolute atomic E-state index is 8.77. The van der Waals surface area contributed by atoms with E-state index in [-0.39, 0.29) is 6.61 Å². The maximum atomic E-state index is 8.77. The predicted molar refractivity (Wildman–Crippen MR) is 64.0 cm³/mol. The smallest absolute Gasteiger partial charge is 0.110 e. The van der Waals surface area contributed by atoms with Gasteiger partial charge in [0.15, 0.2) is 0 Å². The molecule has 0 saturated heterocycles. The van der Waals surface area contributed by atoms with E-state index in [4.69, 9.17) is 5.11 Å². The number of nitrogens with zero attached hydrogens (tertiary/aromatic N) is 1. The molecule has 1 aromatic heterocycles. The van der Waals surface area contributed by atoms with Crippen LogP contribution in [0.1, 0.15) is 17.0 Å². The third-order valence-corrected chi connectivity index (χ3v) is 2.37. The Kier molecular flexibility index (Phi) is 3.51. The van der Waals surface area contributed by atoms with E-state index in [2.05, 4.69) is 16.0 Å². The number of aliphatic hydroxyl groups is 1. The summed E-state index contributed by atoms with van der Waals surface area (Å²) in [6.07, 6.45) is 8.02. The Morgan fingerprint density at radius 2 is 2.19 bits per heavy atom. The molecule has 2 aromatic rings. The standard InChI is InChI=1S/C13H14N2O/c16-9-3-6-11-4-1-2-5-12(11)10-13-14-7-8-15-13/h1-8,16H,9-10H2,(H,14,15)/b6-3+. The van der Waals surface area contributed by atoms with Crippen molar-refractivity contribution in [2.45, 2.75) is 6.42 Å². The molecule has 3 nitrogen and oxygen atoms in total. The summed E-state index contributed by atoms with van der Waals surface area (Å²) in [5.41, 5.74) is 2.31. The van der Waals surface area contributed by atoms with Crippen LogP contribution >= 0.6 is 0 Å². The van der Waals surface area contributed by atoms with Crippen LogP contribution in [0, 0.1) is 0 Å². The van der Waals surface area contributed by atoms with Gasteiger partial charge in [0, 0.05) is 18.8 Å². The molecule has 0 saturated carbocycles. The molecule has 0 spiro atoms. The van der Waals surface area contributed by atoms with Gasteiger partial charge in [0.1, 0.15) is 5.82 Å². The molecule has 3 heteroatoms. The van der Waals surface area contributed by atoms with Crippen molar-refractivity contribution in [2.24, 2.45) is 0 Å². The highest BCUT2D eigenvalue weighted by molar-refractivity contribution is 5.54. The van der Waals surface area contributed by atoms with E-state index in [0.717, 1.165) is 17.8 Å². The first-order valence-corrected chi connectivity index (χ1v) is 5.23. The van der Waals surface area contributed by atoms with Gasteiger partial charge in [0.25, 0.3) is 0 Å². The molecule has 16 heavy (non-hydrogen) atoms. The summed E-state index contributed by atoms with van der Waals surface area (Å²) in [7, 11) is 0. The van der Waals surface area contributed by atoms with Crippen molar-refractivity contribution >= 4 is 6.08 Å². The van der Waals surface area contributed by atoms with Crippen LogP contribution in [-0.4, -0.2) is 21.7 Å². The first-order chi connectivity index (χ1) is 7.90. The van der Waals surface area contributed by atoms with Crippen molar-refractivity contribution in [2.75, 3.05) is 6.61 Å². The minimum absolute atomic E-state index is 0.0646. The molecule has 2 N–H and O–H groups in total. The lowest BCUT2D eigenvalue weighted by atomic mass is 10.0. The molecular formula is C13H14N2O. The van der Waals surface area contributed by atoms with Gasteiger partial charge in [-0.2, -0.15) is 0 Å². The molecule has 0 amide bonds. The Morgan fingerprint density at radius 3 is 2.94 bits per heavy atom. The number of hydrogen-bond donors (Lipinski definition) is 2. The highest BCUT2D eigenvalue weighted by Gasteiger charge is 2.01. The minimum Gasteiger partial charge on any atom is -0.392 e. The first kappa shape index (κ1) is 10.6. The lowest BCUT2D eigenvalue weighted by Gasteiger charge is -2.03. The number of benzene rings is 1. The second-order valence-corrected chi connectivity index (χ2v) is 3.50. The van der Waals surface area contributed by atoms with E-state index in [1.807, 2.05) is 30.5 Å². The van der Waals surface area contributed by atoms with Gasteiger partial charge >= 0.3 is 0 Å². The highest BCUT2D eigenvalue weighted by atomic mass is 16.2. The molecule has 1 aromatic carbocycles. The molecule has 0 aliphatic rings. The fourth-order valence-corrected chi connectivity index (χ4v) is 1.61. The van der Waals surface area contributed by atoms with E-state index in [0.29, 0.717) is 0 Å². The Morgan fingerprint density at radius 1 is 1.31 bits per heavy atom. The molecule has 0 radical (unpaired) electrons. The van der Waals surface area contributed by atoms with Crippen molar-refractivity contribution in [3.8, 4) is 0 Å². The fourth-order valence-electron chi connectivity index (χ4n) is 1.61. The number of hydrogen-bond acceptors (Lipinski definition) is 2. The Hall–Kier alpha value is -1.87. The molecule has 0 aliphatic carbocycles. The first-order valence-electron chi connectivity index (χ1n) is 5.23. The third-order valence-electron chi connectivity index (χ3n) is 2.37. The summed E-state index contributed by atoms with van der Waals surface area (Å²) in [6.45, 7) is 0.0646. The lowest BCUT2D eigenvalue weighted by Crippen LogP contribution is -1.93. The summed E-state index contributed by atoms with van der Waals surface area (Å²) in [4.78, 5) is 7.29. The second-order valence-electron chi connectivity index (χ2n) is 3.50. The molecule has 2 rings (SSSR count). The molecule has 0 fully saturated rings. The van der Waals surface area contributed by atoms with Crippen molar-refractivity contribution in [1.29, 1.82) is 0 Å². The minimum atomic E-state index is 0.0646. The van der Waals surface area contributed by atoms with Gasteiger partial charge in [-0.25, -0.2) is 4.98 Å². The average molecular weight is 214 g/mol. The predicted octanol–water partition coefficient (Wildman–Crippen LogP) is 2.01. The topological polar surface area (TPSA) is 48.9 Å². The Labute approximate surface area is 94.5 Å². The monoisotopic (exact) mass is 214 g/mol. The summed E-state index contributed by atoms with van der Waals surface area (Å²) >= 11 is 0. The van der Waals surface area contributed by atoms with Crippen LogP contribution in [-0.2, 0) is 6.42 Å². The number of imidazole rings is 1. The van der Waals surface area contributed by atoms with Crippen LogP contribution in [0.5, 0.6) is 0 Å². The molecule has 0 bridgehead atoms. The molecule has 82 valence electrons. The van der Waals surface area contributed by atoms with Gasteiger partial charge in [-0.3, -0.25) is 0 Å². The van der Waals surface area contributed by atoms with Gasteiger partial charge in [-0.15, -0.1) is 0 Å². The van der Waals surface area contributed by atoms with E-state index in [1.165, 1.54) is 5.56 Å². The maximum Gasteiger partial charge on any atom is 0.110 e. The molecule has 1 heterocycles. The van der Waals surface area contributed by atoms with Crippen molar-refractivity contribution < 1.29 is 5.11 Å². The average Bonchev–Trinajstić information content (AvgIpc) is 2.81. The van der Waals surface area contributed by atoms with Crippen molar-refractivity contribution in [3.05, 3.63) is 59.7 Å². The van der Waals surface area contributed by atoms with Gasteiger partial charge in [0.2, 0.25) is 0 Å². The van der Waals surface area contributed by atoms with Gasteiger partial charge < -0.3 is 10.1 Å². The Balaban J connectivity index is 2.22. The SMILES string of the molecule is OC/C=C/c1ccccc1Cc1ncc[nH]1. The molecule has 0 aliphatic heterocycles. The van der Waals surface area contributed by atoms with Gasteiger partial charge in [-0.1, -0.05) is 36.4 Å². The molecule has 0 unspecified atom stereocenters.